The van der Waals surface area contributed by atoms with Gasteiger partial charge in [0.05, 0.1) is 23.5 Å². The molecule has 5 rings (SSSR count). The molecule has 1 fully saturated rings. The van der Waals surface area contributed by atoms with Crippen LogP contribution in [0.15, 0.2) is 48.2 Å². The number of H-pyrrole nitrogens is 1. The van der Waals surface area contributed by atoms with Gasteiger partial charge in [-0.1, -0.05) is 6.08 Å². The summed E-state index contributed by atoms with van der Waals surface area (Å²) in [4.78, 5) is 36.7. The van der Waals surface area contributed by atoms with Crippen LogP contribution in [0, 0.1) is 0 Å². The van der Waals surface area contributed by atoms with Crippen molar-refractivity contribution in [3.63, 3.8) is 0 Å². The smallest absolute Gasteiger partial charge is 0.366 e. The largest absolute Gasteiger partial charge is 0.408 e. The minimum absolute atomic E-state index is 0.142. The maximum atomic E-state index is 13.3. The van der Waals surface area contributed by atoms with Crippen LogP contribution >= 0.6 is 0 Å². The third-order valence-corrected chi connectivity index (χ3v) is 6.12. The molecule has 3 amide bonds. The van der Waals surface area contributed by atoms with E-state index in [1.165, 1.54) is 6.08 Å². The number of amides is 3. The zero-order valence-electron chi connectivity index (χ0n) is 17.6. The van der Waals surface area contributed by atoms with Crippen molar-refractivity contribution in [2.45, 2.75) is 37.6 Å². The molecule has 4 N–H and O–H groups in total. The van der Waals surface area contributed by atoms with Crippen LogP contribution in [0.4, 0.5) is 23.8 Å². The van der Waals surface area contributed by atoms with Crippen LogP contribution in [-0.4, -0.2) is 69.1 Å². The Labute approximate surface area is 186 Å². The zero-order valence-corrected chi connectivity index (χ0v) is 17.6. The van der Waals surface area contributed by atoms with E-state index in [-0.39, 0.29) is 6.04 Å². The normalized spacial score (nSPS) is 22.8. The number of carbonyl (C=O) groups is 2. The van der Waals surface area contributed by atoms with Crippen molar-refractivity contribution in [2.24, 2.45) is 0 Å². The standard InChI is InChI=1S/C21H22F3N7O2/c1-11(21(22,23)24)27-19(32)14-2-3-16-18(28-14)31(13-5-7-30(16)10-13)20(33)29-17-8-12-4-6-25-15(12)9-26-17/h2-4,6,8-9,11,13-14,25,28H,5,7,10H2,1H3,(H,27,32)(H,26,29,33)/t11-,13+,14?/m1/s1. The van der Waals surface area contributed by atoms with Crippen LogP contribution < -0.4 is 16.0 Å². The van der Waals surface area contributed by atoms with Gasteiger partial charge in [0.1, 0.15) is 23.7 Å². The van der Waals surface area contributed by atoms with Gasteiger partial charge < -0.3 is 20.5 Å². The van der Waals surface area contributed by atoms with Crippen LogP contribution in [0.3, 0.4) is 0 Å². The van der Waals surface area contributed by atoms with E-state index in [1.54, 1.807) is 29.4 Å². The molecule has 1 unspecified atom stereocenters. The van der Waals surface area contributed by atoms with Crippen molar-refractivity contribution in [1.29, 1.82) is 0 Å². The summed E-state index contributed by atoms with van der Waals surface area (Å²) in [6.45, 7) is 2.25. The van der Waals surface area contributed by atoms with Crippen molar-refractivity contribution >= 4 is 28.7 Å². The lowest BCUT2D eigenvalue weighted by atomic mass is 10.1. The SMILES string of the molecule is C[C@@H](NC(=O)C1C=CC2=C(N1)N(C(=O)Nc1cc3cc[nH]c3cn1)[C@H]1CCN2C1)C(F)(F)F. The van der Waals surface area contributed by atoms with Gasteiger partial charge in [0.25, 0.3) is 0 Å². The minimum Gasteiger partial charge on any atom is -0.366 e. The lowest BCUT2D eigenvalue weighted by Crippen LogP contribution is -2.57. The predicted molar refractivity (Wildman–Crippen MR) is 114 cm³/mol. The van der Waals surface area contributed by atoms with E-state index in [2.05, 4.69) is 25.5 Å². The highest BCUT2D eigenvalue weighted by molar-refractivity contribution is 5.93. The lowest BCUT2D eigenvalue weighted by Gasteiger charge is -2.41. The Morgan fingerprint density at radius 2 is 2.15 bits per heavy atom. The lowest BCUT2D eigenvalue weighted by molar-refractivity contribution is -0.158. The Balaban J connectivity index is 1.36. The molecule has 174 valence electrons. The summed E-state index contributed by atoms with van der Waals surface area (Å²) in [5.74, 6) is -0.0592. The van der Waals surface area contributed by atoms with Crippen LogP contribution in [0.2, 0.25) is 0 Å². The molecule has 0 spiro atoms. The number of nitrogens with zero attached hydrogens (tertiary/aromatic N) is 3. The second-order valence-corrected chi connectivity index (χ2v) is 8.31. The summed E-state index contributed by atoms with van der Waals surface area (Å²) in [7, 11) is 0. The first-order valence-electron chi connectivity index (χ1n) is 10.5. The fourth-order valence-corrected chi connectivity index (χ4v) is 4.33. The number of allylic oxidation sites excluding steroid dienone is 1. The fraction of sp³-hybridized carbons (Fsp3) is 0.381. The van der Waals surface area contributed by atoms with Crippen molar-refractivity contribution in [3.8, 4) is 0 Å². The number of nitrogens with one attached hydrogen (secondary N) is 4. The van der Waals surface area contributed by atoms with E-state index in [0.29, 0.717) is 18.2 Å². The number of aromatic amines is 1. The van der Waals surface area contributed by atoms with Crippen LogP contribution in [0.25, 0.3) is 10.9 Å². The summed E-state index contributed by atoms with van der Waals surface area (Å²) in [6.07, 6.45) is 2.76. The Kier molecular flexibility index (Phi) is 4.94. The molecule has 33 heavy (non-hydrogen) atoms. The number of hydrogen-bond acceptors (Lipinski definition) is 5. The molecular formula is C21H22F3N7O2. The monoisotopic (exact) mass is 461 g/mol. The molecule has 2 aromatic rings. The first-order chi connectivity index (χ1) is 15.7. The number of pyridine rings is 1. The molecule has 2 aromatic heterocycles. The van der Waals surface area contributed by atoms with Crippen molar-refractivity contribution < 1.29 is 22.8 Å². The third-order valence-electron chi connectivity index (χ3n) is 6.12. The molecule has 0 radical (unpaired) electrons. The van der Waals surface area contributed by atoms with Gasteiger partial charge in [0, 0.05) is 24.7 Å². The molecule has 12 heteroatoms. The summed E-state index contributed by atoms with van der Waals surface area (Å²) in [6, 6.07) is 0.000340. The van der Waals surface area contributed by atoms with Gasteiger partial charge in [-0.05, 0) is 31.6 Å². The number of aromatic nitrogens is 2. The number of anilines is 1. The van der Waals surface area contributed by atoms with Crippen LogP contribution in [0.1, 0.15) is 13.3 Å². The topological polar surface area (TPSA) is 105 Å². The van der Waals surface area contributed by atoms with Crippen LogP contribution in [-0.2, 0) is 4.79 Å². The number of rotatable bonds is 3. The Hall–Kier alpha value is -3.70. The summed E-state index contributed by atoms with van der Waals surface area (Å²) in [5.41, 5.74) is 1.56. The Bertz CT molecular complexity index is 1170. The Morgan fingerprint density at radius 3 is 2.94 bits per heavy atom. The summed E-state index contributed by atoms with van der Waals surface area (Å²) >= 11 is 0. The van der Waals surface area contributed by atoms with Crippen molar-refractivity contribution in [2.75, 3.05) is 18.4 Å². The molecule has 3 aliphatic heterocycles. The van der Waals surface area contributed by atoms with E-state index < -0.39 is 30.2 Å². The first-order valence-corrected chi connectivity index (χ1v) is 10.5. The van der Waals surface area contributed by atoms with Crippen LogP contribution in [0.5, 0.6) is 0 Å². The van der Waals surface area contributed by atoms with E-state index in [1.807, 2.05) is 11.4 Å². The molecule has 2 bridgehead atoms. The van der Waals surface area contributed by atoms with Gasteiger partial charge in [-0.2, -0.15) is 13.2 Å². The molecule has 3 atom stereocenters. The molecule has 0 aliphatic carbocycles. The van der Waals surface area contributed by atoms with Gasteiger partial charge in [-0.3, -0.25) is 15.0 Å². The second-order valence-electron chi connectivity index (χ2n) is 8.31. The number of urea groups is 1. The van der Waals surface area contributed by atoms with E-state index >= 15 is 0 Å². The molecule has 5 heterocycles. The number of halogens is 3. The van der Waals surface area contributed by atoms with Gasteiger partial charge in [-0.15, -0.1) is 0 Å². The van der Waals surface area contributed by atoms with Gasteiger partial charge in [0.15, 0.2) is 0 Å². The number of hydrogen-bond donors (Lipinski definition) is 4. The quantitative estimate of drug-likeness (QED) is 0.561. The van der Waals surface area contributed by atoms with E-state index in [9.17, 15) is 22.8 Å². The molecule has 3 aliphatic rings. The predicted octanol–water partition coefficient (Wildman–Crippen LogP) is 2.25. The number of alkyl halides is 3. The zero-order chi connectivity index (χ0) is 23.3. The van der Waals surface area contributed by atoms with Gasteiger partial charge >= 0.3 is 12.2 Å². The molecular weight excluding hydrogens is 439 g/mol. The van der Waals surface area contributed by atoms with Gasteiger partial charge in [-0.25, -0.2) is 9.78 Å². The maximum Gasteiger partial charge on any atom is 0.408 e. The average Bonchev–Trinajstić information content (AvgIpc) is 3.40. The molecule has 9 nitrogen and oxygen atoms in total. The maximum absolute atomic E-state index is 13.3. The molecule has 0 saturated carbocycles. The highest BCUT2D eigenvalue weighted by Gasteiger charge is 2.43. The highest BCUT2D eigenvalue weighted by Crippen LogP contribution is 2.33. The highest BCUT2D eigenvalue weighted by atomic mass is 19.4. The summed E-state index contributed by atoms with van der Waals surface area (Å²) in [5, 5.41) is 8.63. The van der Waals surface area contributed by atoms with E-state index in [4.69, 9.17) is 0 Å². The first kappa shape index (κ1) is 21.2. The molecule has 0 aromatic carbocycles. The third kappa shape index (κ3) is 3.85. The number of fused-ring (bicyclic) bond motifs is 4. The van der Waals surface area contributed by atoms with Gasteiger partial charge in [0.2, 0.25) is 5.91 Å². The number of dihydropyridines is 1. The van der Waals surface area contributed by atoms with Crippen molar-refractivity contribution in [3.05, 3.63) is 48.2 Å². The second kappa shape index (κ2) is 7.71. The fourth-order valence-electron chi connectivity index (χ4n) is 4.33. The minimum atomic E-state index is -4.55. The summed E-state index contributed by atoms with van der Waals surface area (Å²) < 4.78 is 38.6. The molecule has 1 saturated heterocycles. The number of carbonyl (C=O) groups excluding carboxylic acids is 2. The van der Waals surface area contributed by atoms with Crippen molar-refractivity contribution in [1.82, 2.24) is 30.4 Å². The average molecular weight is 461 g/mol. The Morgan fingerprint density at radius 1 is 1.33 bits per heavy atom. The van der Waals surface area contributed by atoms with E-state index in [0.717, 1.165) is 36.5 Å².